The molecule has 0 spiro atoms. The molecule has 3 aromatic rings. The number of benzene rings is 2. The highest BCUT2D eigenvalue weighted by molar-refractivity contribution is 6.35. The largest absolute Gasteiger partial charge is 0.368 e. The highest BCUT2D eigenvalue weighted by Gasteiger charge is 2.24. The van der Waals surface area contributed by atoms with Crippen molar-refractivity contribution in [2.24, 2.45) is 0 Å². The lowest BCUT2D eigenvalue weighted by Gasteiger charge is -2.36. The summed E-state index contributed by atoms with van der Waals surface area (Å²) in [6.45, 7) is 2.79. The highest BCUT2D eigenvalue weighted by atomic mass is 35.5. The number of carbonyl (C=O) groups is 1. The second-order valence-electron chi connectivity index (χ2n) is 6.27. The molecule has 132 valence electrons. The van der Waals surface area contributed by atoms with E-state index in [0.29, 0.717) is 23.8 Å². The fraction of sp³-hybridized carbons (Fsp3) is 0.200. The molecule has 1 aliphatic rings. The van der Waals surface area contributed by atoms with E-state index in [-0.39, 0.29) is 5.91 Å². The summed E-state index contributed by atoms with van der Waals surface area (Å²) < 4.78 is 0. The number of piperazine rings is 1. The van der Waals surface area contributed by atoms with Crippen molar-refractivity contribution >= 4 is 45.7 Å². The average Bonchev–Trinajstić information content (AvgIpc) is 2.67. The maximum atomic E-state index is 12.9. The van der Waals surface area contributed by atoms with Crippen LogP contribution < -0.4 is 4.90 Å². The van der Waals surface area contributed by atoms with Crippen LogP contribution in [0.3, 0.4) is 0 Å². The molecule has 4 rings (SSSR count). The van der Waals surface area contributed by atoms with E-state index in [0.717, 1.165) is 34.7 Å². The van der Waals surface area contributed by atoms with Gasteiger partial charge < -0.3 is 9.80 Å². The molecule has 4 nitrogen and oxygen atoms in total. The van der Waals surface area contributed by atoms with Crippen molar-refractivity contribution in [3.8, 4) is 0 Å². The van der Waals surface area contributed by atoms with Gasteiger partial charge in [-0.15, -0.1) is 0 Å². The number of anilines is 1. The Hall–Kier alpha value is -2.30. The molecule has 6 heteroatoms. The van der Waals surface area contributed by atoms with Crippen molar-refractivity contribution in [2.75, 3.05) is 31.1 Å². The Kier molecular flexibility index (Phi) is 4.70. The number of aromatic nitrogens is 1. The van der Waals surface area contributed by atoms with Gasteiger partial charge in [-0.25, -0.2) is 4.98 Å². The van der Waals surface area contributed by atoms with Gasteiger partial charge in [0.1, 0.15) is 5.69 Å². The Labute approximate surface area is 161 Å². The number of hydrogen-bond acceptors (Lipinski definition) is 3. The first-order valence-electron chi connectivity index (χ1n) is 8.47. The van der Waals surface area contributed by atoms with Crippen molar-refractivity contribution in [3.63, 3.8) is 0 Å². The van der Waals surface area contributed by atoms with Crippen LogP contribution >= 0.6 is 23.2 Å². The molecule has 0 radical (unpaired) electrons. The number of amides is 1. The van der Waals surface area contributed by atoms with Crippen molar-refractivity contribution in [2.45, 2.75) is 0 Å². The van der Waals surface area contributed by atoms with Crippen molar-refractivity contribution in [3.05, 3.63) is 70.3 Å². The minimum absolute atomic E-state index is 0.0802. The van der Waals surface area contributed by atoms with Gasteiger partial charge in [-0.05, 0) is 30.3 Å². The highest BCUT2D eigenvalue weighted by Crippen LogP contribution is 2.24. The molecule has 1 fully saturated rings. The average molecular weight is 386 g/mol. The Morgan fingerprint density at radius 3 is 2.46 bits per heavy atom. The van der Waals surface area contributed by atoms with E-state index < -0.39 is 0 Å². The summed E-state index contributed by atoms with van der Waals surface area (Å²) in [5.74, 6) is -0.0802. The number of pyridine rings is 1. The molecule has 0 unspecified atom stereocenters. The molecule has 0 atom stereocenters. The molecule has 0 saturated carbocycles. The SMILES string of the molecule is O=C(c1cc(Cl)c2ccccc2n1)N1CCN(c2cccc(Cl)c2)CC1. The van der Waals surface area contributed by atoms with Crippen LogP contribution in [0.25, 0.3) is 10.9 Å². The smallest absolute Gasteiger partial charge is 0.272 e. The lowest BCUT2D eigenvalue weighted by molar-refractivity contribution is 0.0741. The van der Waals surface area contributed by atoms with Gasteiger partial charge in [0, 0.05) is 42.3 Å². The van der Waals surface area contributed by atoms with Gasteiger partial charge in [0.2, 0.25) is 0 Å². The zero-order valence-corrected chi connectivity index (χ0v) is 15.5. The van der Waals surface area contributed by atoms with Crippen LogP contribution in [-0.4, -0.2) is 42.0 Å². The summed E-state index contributed by atoms with van der Waals surface area (Å²) in [7, 11) is 0. The number of rotatable bonds is 2. The number of halogens is 2. The minimum atomic E-state index is -0.0802. The fourth-order valence-electron chi connectivity index (χ4n) is 3.25. The predicted octanol–water partition coefficient (Wildman–Crippen LogP) is 4.50. The van der Waals surface area contributed by atoms with E-state index in [4.69, 9.17) is 23.2 Å². The number of nitrogens with zero attached hydrogens (tertiary/aromatic N) is 3. The van der Waals surface area contributed by atoms with Gasteiger partial charge in [0.25, 0.3) is 5.91 Å². The quantitative estimate of drug-likeness (QED) is 0.651. The number of carbonyl (C=O) groups excluding carboxylic acids is 1. The van der Waals surface area contributed by atoms with Crippen LogP contribution in [0.15, 0.2) is 54.6 Å². The maximum Gasteiger partial charge on any atom is 0.272 e. The van der Waals surface area contributed by atoms with E-state index in [1.165, 1.54) is 0 Å². The van der Waals surface area contributed by atoms with Crippen LogP contribution in [0.5, 0.6) is 0 Å². The molecule has 0 bridgehead atoms. The van der Waals surface area contributed by atoms with E-state index in [1.807, 2.05) is 53.4 Å². The molecule has 2 heterocycles. The molecule has 2 aromatic carbocycles. The van der Waals surface area contributed by atoms with Crippen LogP contribution in [0.1, 0.15) is 10.5 Å². The molecule has 1 amide bonds. The molecule has 0 aliphatic carbocycles. The van der Waals surface area contributed by atoms with Gasteiger partial charge in [0.15, 0.2) is 0 Å². The van der Waals surface area contributed by atoms with Gasteiger partial charge in [-0.2, -0.15) is 0 Å². The Bertz CT molecular complexity index is 968. The van der Waals surface area contributed by atoms with E-state index in [9.17, 15) is 4.79 Å². The Morgan fingerprint density at radius 2 is 1.69 bits per heavy atom. The summed E-state index contributed by atoms with van der Waals surface area (Å²) in [4.78, 5) is 21.4. The van der Waals surface area contributed by atoms with Crippen LogP contribution in [0.4, 0.5) is 5.69 Å². The van der Waals surface area contributed by atoms with Crippen molar-refractivity contribution in [1.29, 1.82) is 0 Å². The monoisotopic (exact) mass is 385 g/mol. The summed E-state index contributed by atoms with van der Waals surface area (Å²) in [6, 6.07) is 17.0. The first kappa shape index (κ1) is 17.1. The molecule has 26 heavy (non-hydrogen) atoms. The molecular formula is C20H17Cl2N3O. The number of hydrogen-bond donors (Lipinski definition) is 0. The zero-order valence-electron chi connectivity index (χ0n) is 14.0. The second-order valence-corrected chi connectivity index (χ2v) is 7.11. The summed E-state index contributed by atoms with van der Waals surface area (Å²) in [5, 5.41) is 2.13. The van der Waals surface area contributed by atoms with Crippen LogP contribution in [0, 0.1) is 0 Å². The third kappa shape index (κ3) is 3.35. The summed E-state index contributed by atoms with van der Waals surface area (Å²) in [5.41, 5.74) is 2.21. The van der Waals surface area contributed by atoms with Gasteiger partial charge in [0.05, 0.1) is 10.5 Å². The standard InChI is InChI=1S/C20H17Cl2N3O/c21-14-4-3-5-15(12-14)24-8-10-25(11-9-24)20(26)19-13-17(22)16-6-1-2-7-18(16)23-19/h1-7,12-13H,8-11H2. The normalized spacial score (nSPS) is 14.7. The van der Waals surface area contributed by atoms with Gasteiger partial charge in [-0.1, -0.05) is 47.5 Å². The molecule has 0 N–H and O–H groups in total. The van der Waals surface area contributed by atoms with Crippen molar-refractivity contribution in [1.82, 2.24) is 9.88 Å². The Morgan fingerprint density at radius 1 is 0.923 bits per heavy atom. The molecule has 1 aliphatic heterocycles. The third-order valence-corrected chi connectivity index (χ3v) is 5.17. The lowest BCUT2D eigenvalue weighted by Crippen LogP contribution is -2.49. The fourth-order valence-corrected chi connectivity index (χ4v) is 3.69. The van der Waals surface area contributed by atoms with E-state index in [2.05, 4.69) is 9.88 Å². The molecule has 1 aromatic heterocycles. The zero-order chi connectivity index (χ0) is 18.1. The van der Waals surface area contributed by atoms with Crippen LogP contribution in [-0.2, 0) is 0 Å². The summed E-state index contributed by atoms with van der Waals surface area (Å²) >= 11 is 12.4. The first-order valence-corrected chi connectivity index (χ1v) is 9.22. The van der Waals surface area contributed by atoms with E-state index >= 15 is 0 Å². The number of para-hydroxylation sites is 1. The predicted molar refractivity (Wildman–Crippen MR) is 106 cm³/mol. The third-order valence-electron chi connectivity index (χ3n) is 4.63. The molecular weight excluding hydrogens is 369 g/mol. The minimum Gasteiger partial charge on any atom is -0.368 e. The van der Waals surface area contributed by atoms with E-state index in [1.54, 1.807) is 6.07 Å². The Balaban J connectivity index is 1.50. The maximum absolute atomic E-state index is 12.9. The van der Waals surface area contributed by atoms with Crippen LogP contribution in [0.2, 0.25) is 10.0 Å². The van der Waals surface area contributed by atoms with Gasteiger partial charge in [-0.3, -0.25) is 4.79 Å². The summed E-state index contributed by atoms with van der Waals surface area (Å²) in [6.07, 6.45) is 0. The lowest BCUT2D eigenvalue weighted by atomic mass is 10.2. The number of fused-ring (bicyclic) bond motifs is 1. The van der Waals surface area contributed by atoms with Crippen molar-refractivity contribution < 1.29 is 4.79 Å². The topological polar surface area (TPSA) is 36.4 Å². The molecule has 1 saturated heterocycles. The second kappa shape index (κ2) is 7.14. The first-order chi connectivity index (χ1) is 12.6. The van der Waals surface area contributed by atoms with Gasteiger partial charge >= 0.3 is 0 Å².